The highest BCUT2D eigenvalue weighted by molar-refractivity contribution is 9.10. The summed E-state index contributed by atoms with van der Waals surface area (Å²) in [5, 5.41) is 7.51. The molecule has 0 saturated carbocycles. The second-order valence-electron chi connectivity index (χ2n) is 7.82. The summed E-state index contributed by atoms with van der Waals surface area (Å²) in [7, 11) is 1.79. The number of carbonyl (C=O) groups excluding carboxylic acids is 2. The van der Waals surface area contributed by atoms with E-state index in [1.54, 1.807) is 28.8 Å². The number of carbonyl (C=O) groups is 2. The van der Waals surface area contributed by atoms with E-state index >= 15 is 0 Å². The number of hydrogen-bond donors (Lipinski definition) is 1. The molecule has 0 aliphatic rings. The Bertz CT molecular complexity index is 1090. The van der Waals surface area contributed by atoms with Crippen molar-refractivity contribution in [1.29, 1.82) is 0 Å². The fourth-order valence-corrected chi connectivity index (χ4v) is 3.54. The van der Waals surface area contributed by atoms with Crippen LogP contribution in [0.3, 0.4) is 0 Å². The fourth-order valence-electron chi connectivity index (χ4n) is 3.28. The van der Waals surface area contributed by atoms with Gasteiger partial charge in [0, 0.05) is 29.7 Å². The molecule has 0 saturated heterocycles. The molecule has 0 aliphatic carbocycles. The molecule has 3 rings (SSSR count). The SMILES string of the molecule is Cc1nn(-c2ccc(Br)cc2)c(C)c1C(=O)NCc1ccc(C(=O)N(C)C(C)C)cc1. The lowest BCUT2D eigenvalue weighted by Crippen LogP contribution is -2.32. The number of hydrogen-bond acceptors (Lipinski definition) is 3. The summed E-state index contributed by atoms with van der Waals surface area (Å²) in [6, 6.07) is 15.2. The zero-order chi connectivity index (χ0) is 22.7. The molecule has 1 heterocycles. The smallest absolute Gasteiger partial charge is 0.255 e. The van der Waals surface area contributed by atoms with E-state index in [2.05, 4.69) is 26.3 Å². The molecule has 7 heteroatoms. The summed E-state index contributed by atoms with van der Waals surface area (Å²) < 4.78 is 2.77. The highest BCUT2D eigenvalue weighted by atomic mass is 79.9. The number of nitrogens with one attached hydrogen (secondary N) is 1. The van der Waals surface area contributed by atoms with Gasteiger partial charge in [0.05, 0.1) is 22.6 Å². The second kappa shape index (κ2) is 9.47. The maximum atomic E-state index is 12.9. The molecule has 0 aliphatic heterocycles. The van der Waals surface area contributed by atoms with E-state index in [1.807, 2.05) is 64.1 Å². The summed E-state index contributed by atoms with van der Waals surface area (Å²) in [6.07, 6.45) is 0. The van der Waals surface area contributed by atoms with Crippen molar-refractivity contribution in [3.63, 3.8) is 0 Å². The predicted octanol–water partition coefficient (Wildman–Crippen LogP) is 4.66. The first-order chi connectivity index (χ1) is 14.7. The highest BCUT2D eigenvalue weighted by Crippen LogP contribution is 2.20. The van der Waals surface area contributed by atoms with Gasteiger partial charge in [-0.15, -0.1) is 0 Å². The molecule has 2 amide bonds. The van der Waals surface area contributed by atoms with E-state index in [4.69, 9.17) is 0 Å². The maximum absolute atomic E-state index is 12.9. The van der Waals surface area contributed by atoms with Gasteiger partial charge in [-0.3, -0.25) is 9.59 Å². The van der Waals surface area contributed by atoms with Crippen LogP contribution in [0.4, 0.5) is 0 Å². The molecule has 0 atom stereocenters. The molecule has 6 nitrogen and oxygen atoms in total. The van der Waals surface area contributed by atoms with Crippen molar-refractivity contribution in [2.45, 2.75) is 40.3 Å². The number of nitrogens with zero attached hydrogens (tertiary/aromatic N) is 3. The van der Waals surface area contributed by atoms with E-state index in [9.17, 15) is 9.59 Å². The highest BCUT2D eigenvalue weighted by Gasteiger charge is 2.19. The average molecular weight is 483 g/mol. The van der Waals surface area contributed by atoms with Gasteiger partial charge in [0.1, 0.15) is 0 Å². The Morgan fingerprint density at radius 2 is 1.68 bits per heavy atom. The van der Waals surface area contributed by atoms with Crippen LogP contribution in [0.2, 0.25) is 0 Å². The van der Waals surface area contributed by atoms with Crippen LogP contribution in [-0.2, 0) is 6.54 Å². The van der Waals surface area contributed by atoms with Gasteiger partial charge in [0.15, 0.2) is 0 Å². The fraction of sp³-hybridized carbons (Fsp3) is 0.292. The van der Waals surface area contributed by atoms with Crippen LogP contribution in [-0.4, -0.2) is 39.6 Å². The van der Waals surface area contributed by atoms with Crippen LogP contribution in [0, 0.1) is 13.8 Å². The van der Waals surface area contributed by atoms with Crippen LogP contribution in [0.5, 0.6) is 0 Å². The van der Waals surface area contributed by atoms with Gasteiger partial charge >= 0.3 is 0 Å². The van der Waals surface area contributed by atoms with Gasteiger partial charge in [-0.25, -0.2) is 4.68 Å². The second-order valence-corrected chi connectivity index (χ2v) is 8.74. The Hall–Kier alpha value is -2.93. The first kappa shape index (κ1) is 22.7. The van der Waals surface area contributed by atoms with Crippen molar-refractivity contribution < 1.29 is 9.59 Å². The number of halogens is 1. The lowest BCUT2D eigenvalue weighted by Gasteiger charge is -2.21. The molecule has 3 aromatic rings. The van der Waals surface area contributed by atoms with Gasteiger partial charge < -0.3 is 10.2 Å². The Balaban J connectivity index is 1.70. The van der Waals surface area contributed by atoms with E-state index in [1.165, 1.54) is 0 Å². The lowest BCUT2D eigenvalue weighted by atomic mass is 10.1. The summed E-state index contributed by atoms with van der Waals surface area (Å²) in [5.74, 6) is -0.185. The topological polar surface area (TPSA) is 67.2 Å². The van der Waals surface area contributed by atoms with E-state index < -0.39 is 0 Å². The third kappa shape index (κ3) is 5.05. The van der Waals surface area contributed by atoms with Crippen LogP contribution in [0.25, 0.3) is 5.69 Å². The zero-order valence-corrected chi connectivity index (χ0v) is 20.0. The quantitative estimate of drug-likeness (QED) is 0.555. The standard InChI is InChI=1S/C24H27BrN4O2/c1-15(2)28(5)24(31)19-8-6-18(7-9-19)14-26-23(30)22-16(3)27-29(17(22)4)21-12-10-20(25)11-13-21/h6-13,15H,14H2,1-5H3,(H,26,30). The van der Waals surface area contributed by atoms with Gasteiger partial charge in [-0.05, 0) is 69.7 Å². The third-order valence-electron chi connectivity index (χ3n) is 5.34. The molecule has 0 fully saturated rings. The van der Waals surface area contributed by atoms with Gasteiger partial charge in [0.25, 0.3) is 11.8 Å². The minimum absolute atomic E-state index is 0.0165. The largest absolute Gasteiger partial charge is 0.348 e. The first-order valence-corrected chi connectivity index (χ1v) is 10.9. The molecular weight excluding hydrogens is 456 g/mol. The Labute approximate surface area is 191 Å². The van der Waals surface area contributed by atoms with Gasteiger partial charge in [-0.1, -0.05) is 28.1 Å². The predicted molar refractivity (Wildman–Crippen MR) is 126 cm³/mol. The van der Waals surface area contributed by atoms with Crippen molar-refractivity contribution in [2.75, 3.05) is 7.05 Å². The van der Waals surface area contributed by atoms with Crippen molar-refractivity contribution in [2.24, 2.45) is 0 Å². The van der Waals surface area contributed by atoms with E-state index in [-0.39, 0.29) is 17.9 Å². The molecule has 1 aromatic heterocycles. The Morgan fingerprint density at radius 3 is 2.26 bits per heavy atom. The van der Waals surface area contributed by atoms with E-state index in [0.29, 0.717) is 23.4 Å². The van der Waals surface area contributed by atoms with Crippen LogP contribution >= 0.6 is 15.9 Å². The average Bonchev–Trinajstić information content (AvgIpc) is 3.05. The number of aryl methyl sites for hydroxylation is 1. The van der Waals surface area contributed by atoms with Crippen LogP contribution in [0.1, 0.15) is 51.5 Å². The lowest BCUT2D eigenvalue weighted by molar-refractivity contribution is 0.0754. The Morgan fingerprint density at radius 1 is 1.06 bits per heavy atom. The van der Waals surface area contributed by atoms with Crippen molar-refractivity contribution in [1.82, 2.24) is 20.0 Å². The number of amides is 2. The number of aromatic nitrogens is 2. The molecule has 0 bridgehead atoms. The van der Waals surface area contributed by atoms with Gasteiger partial charge in [-0.2, -0.15) is 5.10 Å². The van der Waals surface area contributed by atoms with Crippen LogP contribution in [0.15, 0.2) is 53.0 Å². The normalized spacial score (nSPS) is 10.9. The summed E-state index contributed by atoms with van der Waals surface area (Å²) in [4.78, 5) is 27.0. The molecule has 0 spiro atoms. The molecule has 0 unspecified atom stereocenters. The zero-order valence-electron chi connectivity index (χ0n) is 18.4. The summed E-state index contributed by atoms with van der Waals surface area (Å²) in [5.41, 5.74) is 4.50. The summed E-state index contributed by atoms with van der Waals surface area (Å²) in [6.45, 7) is 8.05. The first-order valence-electron chi connectivity index (χ1n) is 10.2. The molecule has 31 heavy (non-hydrogen) atoms. The van der Waals surface area contributed by atoms with Crippen molar-refractivity contribution >= 4 is 27.7 Å². The number of benzene rings is 2. The van der Waals surface area contributed by atoms with E-state index in [0.717, 1.165) is 21.4 Å². The third-order valence-corrected chi connectivity index (χ3v) is 5.87. The monoisotopic (exact) mass is 482 g/mol. The maximum Gasteiger partial charge on any atom is 0.255 e. The minimum Gasteiger partial charge on any atom is -0.348 e. The van der Waals surface area contributed by atoms with Gasteiger partial charge in [0.2, 0.25) is 0 Å². The molecule has 0 radical (unpaired) electrons. The number of rotatable bonds is 6. The minimum atomic E-state index is -0.168. The molecule has 162 valence electrons. The summed E-state index contributed by atoms with van der Waals surface area (Å²) >= 11 is 3.43. The Kier molecular flexibility index (Phi) is 6.95. The molecular formula is C24H27BrN4O2. The molecule has 1 N–H and O–H groups in total. The molecule has 2 aromatic carbocycles. The van der Waals surface area contributed by atoms with Crippen molar-refractivity contribution in [3.8, 4) is 5.69 Å². The van der Waals surface area contributed by atoms with Crippen LogP contribution < -0.4 is 5.32 Å². The van der Waals surface area contributed by atoms with Crippen molar-refractivity contribution in [3.05, 3.63) is 81.1 Å².